The Labute approximate surface area is 586 Å². The van der Waals surface area contributed by atoms with Crippen molar-refractivity contribution < 1.29 is 62.2 Å². The van der Waals surface area contributed by atoms with E-state index in [1.807, 2.05) is 52.8 Å². The van der Waals surface area contributed by atoms with E-state index >= 15 is 0 Å². The molecule has 2 aliphatic heterocycles. The van der Waals surface area contributed by atoms with Crippen LogP contribution >= 0.6 is 0 Å². The van der Waals surface area contributed by atoms with E-state index in [0.717, 1.165) is 101 Å². The average molecular weight is 1350 g/mol. The summed E-state index contributed by atoms with van der Waals surface area (Å²) < 4.78 is 44.2. The first-order valence-corrected chi connectivity index (χ1v) is 39.2. The van der Waals surface area contributed by atoms with Crippen LogP contribution in [0.2, 0.25) is 0 Å². The third-order valence-electron chi connectivity index (χ3n) is 24.2. The molecule has 2 heterocycles. The fourth-order valence-electron chi connectivity index (χ4n) is 18.4. The summed E-state index contributed by atoms with van der Waals surface area (Å²) >= 11 is 0. The van der Waals surface area contributed by atoms with Gasteiger partial charge in [-0.25, -0.2) is 0 Å². The van der Waals surface area contributed by atoms with E-state index in [9.17, 15) is 29.1 Å². The van der Waals surface area contributed by atoms with Gasteiger partial charge in [0.25, 0.3) is 0 Å². The molecule has 1 N–H and O–H groups in total. The number of aryl methyl sites for hydroxylation is 2. The molecule has 5 fully saturated rings. The van der Waals surface area contributed by atoms with Gasteiger partial charge in [0.15, 0.2) is 17.6 Å². The predicted octanol–water partition coefficient (Wildman–Crippen LogP) is 18.9. The first-order chi connectivity index (χ1) is 46.4. The van der Waals surface area contributed by atoms with Crippen molar-refractivity contribution in [3.63, 3.8) is 0 Å². The molecule has 1 saturated heterocycles. The molecule has 14 nitrogen and oxygen atoms in total. The molecule has 2 aromatic carbocycles. The SMILES string of the molecule is CCCCCCCCCCCCCCCC(=O)OCC(COC(=O)CCCCCCCCCCCCCCC)OC(=O)CC(C)CC(=O)Oc1cc(C)cc(C)c1C(C)(C)CC(=O)Oc1ccc2c3c1O[C@H]1C4(OC)CC[C@@]5(C[C@@H]4[C@](C)(O)C(C)(C)C)C(C2)N(CC2CC2)CC[C@]315. The van der Waals surface area contributed by atoms with Crippen LogP contribution in [0.25, 0.3) is 0 Å². The zero-order valence-electron chi connectivity index (χ0n) is 62.8. The molecule has 8 atom stereocenters. The monoisotopic (exact) mass is 1350 g/mol. The van der Waals surface area contributed by atoms with E-state index in [1.54, 1.807) is 14.0 Å². The number of esters is 5. The third kappa shape index (κ3) is 19.6. The summed E-state index contributed by atoms with van der Waals surface area (Å²) in [6.45, 7) is 24.1. The molecule has 2 spiro atoms. The van der Waals surface area contributed by atoms with Gasteiger partial charge in [0, 0.05) is 78.7 Å². The molecule has 546 valence electrons. The van der Waals surface area contributed by atoms with Crippen molar-refractivity contribution in [3.8, 4) is 17.2 Å². The second-order valence-electron chi connectivity index (χ2n) is 33.2. The molecule has 7 aliphatic rings. The topological polar surface area (TPSA) is 173 Å². The maximum atomic E-state index is 14.7. The van der Waals surface area contributed by atoms with Gasteiger partial charge in [-0.2, -0.15) is 0 Å². The Balaban J connectivity index is 0.856. The molecule has 9 rings (SSSR count). The van der Waals surface area contributed by atoms with E-state index in [4.69, 9.17) is 33.2 Å². The van der Waals surface area contributed by atoms with Crippen LogP contribution in [-0.2, 0) is 60.2 Å². The number of hydrogen-bond acceptors (Lipinski definition) is 14. The largest absolute Gasteiger partial charge is 0.482 e. The summed E-state index contributed by atoms with van der Waals surface area (Å²) in [5, 5.41) is 12.8. The summed E-state index contributed by atoms with van der Waals surface area (Å²) in [6.07, 6.45) is 37.0. The summed E-state index contributed by atoms with van der Waals surface area (Å²) in [6, 6.07) is 8.23. The van der Waals surface area contributed by atoms with E-state index in [1.165, 1.54) is 140 Å². The average Bonchev–Trinajstić information content (AvgIpc) is 1.59. The number of ether oxygens (including phenoxy) is 7. The molecule has 4 bridgehead atoms. The number of rotatable bonds is 46. The van der Waals surface area contributed by atoms with E-state index in [-0.39, 0.29) is 80.1 Å². The predicted molar refractivity (Wildman–Crippen MR) is 384 cm³/mol. The van der Waals surface area contributed by atoms with Crippen molar-refractivity contribution in [2.75, 3.05) is 33.4 Å². The molecular weight excluding hydrogens is 1220 g/mol. The van der Waals surface area contributed by atoms with Crippen LogP contribution < -0.4 is 14.2 Å². The van der Waals surface area contributed by atoms with Gasteiger partial charge < -0.3 is 38.3 Å². The van der Waals surface area contributed by atoms with Crippen molar-refractivity contribution in [2.45, 2.75) is 360 Å². The Bertz CT molecular complexity index is 2840. The normalized spacial score (nSPS) is 23.3. The first kappa shape index (κ1) is 78.2. The summed E-state index contributed by atoms with van der Waals surface area (Å²) in [5.74, 6) is -0.951. The smallest absolute Gasteiger partial charge is 0.312 e. The Hall–Kier alpha value is -4.53. The number of unbranched alkanes of at least 4 members (excludes halogenated alkanes) is 24. The molecule has 0 aromatic heterocycles. The van der Waals surface area contributed by atoms with Crippen molar-refractivity contribution in [1.29, 1.82) is 0 Å². The fraction of sp³-hybridized carbons (Fsp3) is 0.795. The standard InChI is InChI=1S/C83H131NO13/c1-13-15-17-19-21-23-25-27-29-31-33-35-37-39-69(85)92-57-64(58-93-70(86)40-38-36-34-32-30-28-26-24-22-20-18-16-14-2)94-71(87)51-60(4)52-72(88)96-66-50-59(3)49-61(5)74(66)79(9,10)55-73(89)95-65-44-43-63-53-68-81-45-46-83(91-12,67(54-81)80(11,90)78(6,7)8)77-82(81,75(63)76(65)97-77)47-48-84(68)56-62-41-42-62/h43-44,49-50,60,62,64,67-68,77,90H,13-42,45-48,51-58H2,1-12H3/t60?,67-,68?,77-,80+,81-,82+,83?/m1/s1. The zero-order chi connectivity index (χ0) is 70.0. The lowest BCUT2D eigenvalue weighted by molar-refractivity contribution is -0.312. The second-order valence-corrected chi connectivity index (χ2v) is 33.2. The van der Waals surface area contributed by atoms with Gasteiger partial charge in [0.05, 0.1) is 12.0 Å². The Kier molecular flexibility index (Phi) is 28.9. The summed E-state index contributed by atoms with van der Waals surface area (Å²) in [7, 11) is 1.80. The molecular formula is C83H131NO13. The quantitative estimate of drug-likeness (QED) is 0.0287. The van der Waals surface area contributed by atoms with Gasteiger partial charge in [-0.1, -0.05) is 222 Å². The molecule has 4 saturated carbocycles. The molecule has 2 aromatic rings. The summed E-state index contributed by atoms with van der Waals surface area (Å²) in [4.78, 5) is 71.2. The van der Waals surface area contributed by atoms with Crippen LogP contribution in [0, 0.1) is 42.4 Å². The number of carbonyl (C=O) groups is 5. The Morgan fingerprint density at radius 1 is 0.639 bits per heavy atom. The number of aliphatic hydroxyl groups is 1. The van der Waals surface area contributed by atoms with Crippen LogP contribution in [0.4, 0.5) is 0 Å². The molecule has 5 aliphatic carbocycles. The van der Waals surface area contributed by atoms with Crippen LogP contribution in [0.5, 0.6) is 17.2 Å². The fourth-order valence-corrected chi connectivity index (χ4v) is 18.4. The van der Waals surface area contributed by atoms with Gasteiger partial charge in [-0.3, -0.25) is 28.9 Å². The number of piperidine rings is 1. The van der Waals surface area contributed by atoms with E-state index < -0.39 is 52.0 Å². The second kappa shape index (κ2) is 35.9. The molecule has 14 heteroatoms. The third-order valence-corrected chi connectivity index (χ3v) is 24.2. The molecule has 3 unspecified atom stereocenters. The highest BCUT2D eigenvalue weighted by Gasteiger charge is 2.82. The van der Waals surface area contributed by atoms with Crippen LogP contribution in [0.15, 0.2) is 24.3 Å². The van der Waals surface area contributed by atoms with Gasteiger partial charge >= 0.3 is 29.8 Å². The van der Waals surface area contributed by atoms with Gasteiger partial charge in [-0.15, -0.1) is 0 Å². The number of nitrogens with zero attached hydrogens (tertiary/aromatic N) is 1. The lowest BCUT2D eigenvalue weighted by Gasteiger charge is -2.75. The van der Waals surface area contributed by atoms with Crippen molar-refractivity contribution >= 4 is 29.8 Å². The van der Waals surface area contributed by atoms with Gasteiger partial charge in [0.1, 0.15) is 30.7 Å². The highest BCUT2D eigenvalue weighted by molar-refractivity contribution is 5.79. The highest BCUT2D eigenvalue weighted by atomic mass is 16.6. The van der Waals surface area contributed by atoms with E-state index in [2.05, 4.69) is 45.6 Å². The molecule has 0 amide bonds. The molecule has 97 heavy (non-hydrogen) atoms. The highest BCUT2D eigenvalue weighted by Crippen LogP contribution is 2.78. The van der Waals surface area contributed by atoms with Gasteiger partial charge in [-0.05, 0) is 131 Å². The maximum Gasteiger partial charge on any atom is 0.312 e. The van der Waals surface area contributed by atoms with E-state index in [0.29, 0.717) is 41.7 Å². The van der Waals surface area contributed by atoms with Crippen molar-refractivity contribution in [2.24, 2.45) is 28.6 Å². The number of benzene rings is 2. The Morgan fingerprint density at radius 2 is 1.15 bits per heavy atom. The lowest BCUT2D eigenvalue weighted by Crippen LogP contribution is -2.83. The van der Waals surface area contributed by atoms with Crippen molar-refractivity contribution in [3.05, 3.63) is 52.1 Å². The number of fused-ring (bicyclic) bond motifs is 2. The minimum atomic E-state index is -1.07. The minimum Gasteiger partial charge on any atom is -0.482 e. The van der Waals surface area contributed by atoms with Gasteiger partial charge in [0.2, 0.25) is 0 Å². The number of carbonyl (C=O) groups excluding carboxylic acids is 5. The summed E-state index contributed by atoms with van der Waals surface area (Å²) in [5.41, 5.74) is 1.17. The molecule has 0 radical (unpaired) electrons. The number of likely N-dealkylation sites (tertiary alicyclic amines) is 1. The van der Waals surface area contributed by atoms with Crippen LogP contribution in [0.1, 0.15) is 328 Å². The number of hydrogen-bond donors (Lipinski definition) is 1. The minimum absolute atomic E-state index is 0.0415. The van der Waals surface area contributed by atoms with Crippen molar-refractivity contribution in [1.82, 2.24) is 4.90 Å². The number of methoxy groups -OCH3 is 1. The zero-order valence-corrected chi connectivity index (χ0v) is 62.8. The first-order valence-electron chi connectivity index (χ1n) is 39.2. The Morgan fingerprint density at radius 3 is 1.67 bits per heavy atom. The van der Waals surface area contributed by atoms with Crippen LogP contribution in [0.3, 0.4) is 0 Å². The van der Waals surface area contributed by atoms with Crippen LogP contribution in [-0.4, -0.2) is 103 Å². The maximum absolute atomic E-state index is 14.7. The lowest BCUT2D eigenvalue weighted by atomic mass is 9.33.